The molecular weight excluding hydrogens is 362 g/mol. The van der Waals surface area contributed by atoms with Gasteiger partial charge in [-0.15, -0.1) is 12.4 Å². The van der Waals surface area contributed by atoms with Crippen molar-refractivity contribution in [2.24, 2.45) is 0 Å². The number of hydrogen-bond donors (Lipinski definition) is 2. The molecule has 0 aliphatic carbocycles. The lowest BCUT2D eigenvalue weighted by molar-refractivity contribution is -0.117. The fourth-order valence-electron chi connectivity index (χ4n) is 2.63. The maximum absolute atomic E-state index is 12.3. The first-order valence-corrected chi connectivity index (χ1v) is 8.08. The molecule has 1 aliphatic rings. The number of nitrogens with one attached hydrogen (secondary N) is 2. The number of benzene rings is 1. The SMILES string of the molecule is COC(=O)c1cc(NC(=O)CN2CCCNCC2)cc(C(=O)OC)c1.Cl. The molecule has 2 N–H and O–H groups in total. The Morgan fingerprint density at radius 1 is 1.04 bits per heavy atom. The molecule has 1 saturated heterocycles. The molecule has 0 spiro atoms. The molecule has 26 heavy (non-hydrogen) atoms. The van der Waals surface area contributed by atoms with E-state index in [1.54, 1.807) is 0 Å². The molecule has 1 aromatic carbocycles. The van der Waals surface area contributed by atoms with Gasteiger partial charge in [0.2, 0.25) is 5.91 Å². The van der Waals surface area contributed by atoms with Crippen molar-refractivity contribution in [2.75, 3.05) is 52.3 Å². The smallest absolute Gasteiger partial charge is 0.337 e. The number of hydrogen-bond acceptors (Lipinski definition) is 7. The molecule has 1 amide bonds. The van der Waals surface area contributed by atoms with E-state index in [0.717, 1.165) is 32.6 Å². The van der Waals surface area contributed by atoms with Gasteiger partial charge in [-0.3, -0.25) is 9.69 Å². The van der Waals surface area contributed by atoms with Gasteiger partial charge in [0.15, 0.2) is 0 Å². The Morgan fingerprint density at radius 3 is 2.23 bits per heavy atom. The van der Waals surface area contributed by atoms with Gasteiger partial charge in [0.1, 0.15) is 0 Å². The van der Waals surface area contributed by atoms with Crippen molar-refractivity contribution >= 4 is 35.9 Å². The van der Waals surface area contributed by atoms with Crippen LogP contribution < -0.4 is 10.6 Å². The molecule has 0 aromatic heterocycles. The quantitative estimate of drug-likeness (QED) is 0.727. The van der Waals surface area contributed by atoms with Gasteiger partial charge >= 0.3 is 11.9 Å². The maximum atomic E-state index is 12.3. The third-order valence-corrected chi connectivity index (χ3v) is 3.86. The molecule has 8 nitrogen and oxygen atoms in total. The van der Waals surface area contributed by atoms with E-state index >= 15 is 0 Å². The number of ether oxygens (including phenoxy) is 2. The van der Waals surface area contributed by atoms with Crippen LogP contribution in [0.3, 0.4) is 0 Å². The van der Waals surface area contributed by atoms with Crippen LogP contribution in [0.25, 0.3) is 0 Å². The molecule has 0 bridgehead atoms. The predicted octanol–water partition coefficient (Wildman–Crippen LogP) is 0.915. The lowest BCUT2D eigenvalue weighted by Crippen LogP contribution is -2.35. The number of carbonyl (C=O) groups excluding carboxylic acids is 3. The highest BCUT2D eigenvalue weighted by atomic mass is 35.5. The second kappa shape index (κ2) is 10.7. The van der Waals surface area contributed by atoms with Crippen molar-refractivity contribution in [2.45, 2.75) is 6.42 Å². The Kier molecular flexibility index (Phi) is 9.04. The van der Waals surface area contributed by atoms with E-state index in [1.807, 2.05) is 0 Å². The predicted molar refractivity (Wildman–Crippen MR) is 98.9 cm³/mol. The van der Waals surface area contributed by atoms with Gasteiger partial charge < -0.3 is 20.1 Å². The summed E-state index contributed by atoms with van der Waals surface area (Å²) >= 11 is 0. The van der Waals surface area contributed by atoms with Crippen LogP contribution >= 0.6 is 12.4 Å². The molecule has 0 atom stereocenters. The summed E-state index contributed by atoms with van der Waals surface area (Å²) in [4.78, 5) is 37.9. The number of nitrogens with zero attached hydrogens (tertiary/aromatic N) is 1. The first-order valence-electron chi connectivity index (χ1n) is 8.08. The van der Waals surface area contributed by atoms with Crippen molar-refractivity contribution < 1.29 is 23.9 Å². The number of anilines is 1. The highest BCUT2D eigenvalue weighted by Crippen LogP contribution is 2.17. The fourth-order valence-corrected chi connectivity index (χ4v) is 2.63. The van der Waals surface area contributed by atoms with Crippen LogP contribution in [0, 0.1) is 0 Å². The summed E-state index contributed by atoms with van der Waals surface area (Å²) in [6.45, 7) is 3.68. The van der Waals surface area contributed by atoms with Gasteiger partial charge in [-0.05, 0) is 37.7 Å². The minimum Gasteiger partial charge on any atom is -0.465 e. The number of rotatable bonds is 5. The summed E-state index contributed by atoms with van der Waals surface area (Å²) in [5.74, 6) is -1.40. The lowest BCUT2D eigenvalue weighted by atomic mass is 10.1. The van der Waals surface area contributed by atoms with E-state index in [1.165, 1.54) is 32.4 Å². The van der Waals surface area contributed by atoms with Gasteiger partial charge in [0.05, 0.1) is 31.9 Å². The van der Waals surface area contributed by atoms with Gasteiger partial charge in [-0.2, -0.15) is 0 Å². The lowest BCUT2D eigenvalue weighted by Gasteiger charge is -2.19. The third kappa shape index (κ3) is 6.29. The maximum Gasteiger partial charge on any atom is 0.337 e. The number of amides is 1. The van der Waals surface area contributed by atoms with Crippen LogP contribution in [0.5, 0.6) is 0 Å². The highest BCUT2D eigenvalue weighted by molar-refractivity contribution is 5.99. The van der Waals surface area contributed by atoms with E-state index in [2.05, 4.69) is 25.0 Å². The minimum absolute atomic E-state index is 0. The van der Waals surface area contributed by atoms with Crippen LogP contribution in [-0.2, 0) is 14.3 Å². The zero-order valence-corrected chi connectivity index (χ0v) is 15.7. The summed E-state index contributed by atoms with van der Waals surface area (Å²) < 4.78 is 9.36. The Bertz CT molecular complexity index is 611. The normalized spacial score (nSPS) is 14.5. The van der Waals surface area contributed by atoms with E-state index in [4.69, 9.17) is 0 Å². The van der Waals surface area contributed by atoms with Crippen molar-refractivity contribution in [3.05, 3.63) is 29.3 Å². The van der Waals surface area contributed by atoms with Gasteiger partial charge in [-0.25, -0.2) is 9.59 Å². The summed E-state index contributed by atoms with van der Waals surface area (Å²) in [7, 11) is 2.50. The minimum atomic E-state index is -0.597. The Morgan fingerprint density at radius 2 is 1.65 bits per heavy atom. The highest BCUT2D eigenvalue weighted by Gasteiger charge is 2.16. The van der Waals surface area contributed by atoms with Gasteiger partial charge in [-0.1, -0.05) is 0 Å². The molecule has 0 unspecified atom stereocenters. The van der Waals surface area contributed by atoms with Crippen LogP contribution in [0.2, 0.25) is 0 Å². The molecule has 0 saturated carbocycles. The van der Waals surface area contributed by atoms with Crippen molar-refractivity contribution in [3.8, 4) is 0 Å². The largest absolute Gasteiger partial charge is 0.465 e. The third-order valence-electron chi connectivity index (χ3n) is 3.86. The summed E-state index contributed by atoms with van der Waals surface area (Å²) in [6.07, 6.45) is 0.984. The Balaban J connectivity index is 0.00000338. The van der Waals surface area contributed by atoms with Crippen LogP contribution in [-0.4, -0.2) is 69.7 Å². The first-order chi connectivity index (χ1) is 12.0. The van der Waals surface area contributed by atoms with E-state index in [9.17, 15) is 14.4 Å². The molecule has 1 aromatic rings. The fraction of sp³-hybridized carbons (Fsp3) is 0.471. The Hall–Kier alpha value is -2.16. The van der Waals surface area contributed by atoms with Crippen molar-refractivity contribution in [1.29, 1.82) is 0 Å². The topological polar surface area (TPSA) is 97.0 Å². The van der Waals surface area contributed by atoms with Crippen molar-refractivity contribution in [1.82, 2.24) is 10.2 Å². The molecule has 9 heteroatoms. The average molecular weight is 386 g/mol. The summed E-state index contributed by atoms with van der Waals surface area (Å²) in [5, 5.41) is 6.01. The standard InChI is InChI=1S/C17H23N3O5.ClH/c1-24-16(22)12-8-13(17(23)25-2)10-14(9-12)19-15(21)11-20-6-3-4-18-5-7-20;/h8-10,18H,3-7,11H2,1-2H3,(H,19,21);1H. The van der Waals surface area contributed by atoms with E-state index in [-0.39, 0.29) is 36.0 Å². The average Bonchev–Trinajstić information content (AvgIpc) is 2.88. The van der Waals surface area contributed by atoms with Crippen LogP contribution in [0.1, 0.15) is 27.1 Å². The number of esters is 2. The van der Waals surface area contributed by atoms with Gasteiger partial charge in [0.25, 0.3) is 0 Å². The van der Waals surface area contributed by atoms with Crippen molar-refractivity contribution in [3.63, 3.8) is 0 Å². The number of carbonyl (C=O) groups is 3. The Labute approximate surface area is 158 Å². The number of halogens is 1. The molecular formula is C17H24ClN3O5. The van der Waals surface area contributed by atoms with E-state index < -0.39 is 11.9 Å². The van der Waals surface area contributed by atoms with Crippen LogP contribution in [0.15, 0.2) is 18.2 Å². The molecule has 1 aliphatic heterocycles. The van der Waals surface area contributed by atoms with Gasteiger partial charge in [0, 0.05) is 18.8 Å². The molecule has 2 rings (SSSR count). The summed E-state index contributed by atoms with van der Waals surface area (Å²) in [6, 6.07) is 4.31. The second-order valence-electron chi connectivity index (χ2n) is 5.71. The van der Waals surface area contributed by atoms with E-state index in [0.29, 0.717) is 5.69 Å². The molecule has 1 heterocycles. The molecule has 0 radical (unpaired) electrons. The summed E-state index contributed by atoms with van der Waals surface area (Å²) in [5.41, 5.74) is 0.681. The molecule has 144 valence electrons. The number of methoxy groups -OCH3 is 2. The zero-order chi connectivity index (χ0) is 18.2. The second-order valence-corrected chi connectivity index (χ2v) is 5.71. The van der Waals surface area contributed by atoms with Crippen LogP contribution in [0.4, 0.5) is 5.69 Å². The first kappa shape index (κ1) is 21.9. The zero-order valence-electron chi connectivity index (χ0n) is 14.9. The molecule has 1 fully saturated rings. The monoisotopic (exact) mass is 385 g/mol.